The number of hydrogen-bond donors (Lipinski definition) is 2. The average molecular weight is 449 g/mol. The Labute approximate surface area is 188 Å². The van der Waals surface area contributed by atoms with E-state index in [-0.39, 0.29) is 11.2 Å². The number of nitrogens with zero attached hydrogens (tertiary/aromatic N) is 4. The van der Waals surface area contributed by atoms with Crippen molar-refractivity contribution in [3.05, 3.63) is 97.7 Å². The first-order valence-corrected chi connectivity index (χ1v) is 10.3. The minimum atomic E-state index is -0.532. The number of aromatic nitrogens is 4. The molecule has 32 heavy (non-hydrogen) atoms. The van der Waals surface area contributed by atoms with Gasteiger partial charge in [-0.05, 0) is 36.3 Å². The predicted octanol–water partition coefficient (Wildman–Crippen LogP) is 3.63. The van der Waals surface area contributed by atoms with E-state index in [0.29, 0.717) is 23.2 Å². The van der Waals surface area contributed by atoms with Crippen LogP contribution >= 0.6 is 11.6 Å². The van der Waals surface area contributed by atoms with Crippen LogP contribution in [0.15, 0.2) is 75.4 Å². The van der Waals surface area contributed by atoms with Crippen LogP contribution in [0.25, 0.3) is 17.2 Å². The van der Waals surface area contributed by atoms with Crippen LogP contribution in [-0.4, -0.2) is 24.8 Å². The van der Waals surface area contributed by atoms with Gasteiger partial charge in [0.05, 0.1) is 12.3 Å². The SMILES string of the molecule is CC(/C=C/c1ccccc1)=N/Nc1nc2c(c(=O)[nH]c(=O)n2C)n1Cc1ccc(Cl)cc1. The van der Waals surface area contributed by atoms with E-state index in [4.69, 9.17) is 11.6 Å². The molecule has 0 saturated heterocycles. The van der Waals surface area contributed by atoms with E-state index in [1.54, 1.807) is 23.7 Å². The highest BCUT2D eigenvalue weighted by molar-refractivity contribution is 6.30. The standard InChI is InChI=1S/C23H21ClN6O2/c1-15(8-9-16-6-4-3-5-7-16)27-28-22-25-20-19(21(31)26-23(32)29(20)2)30(22)14-17-10-12-18(24)13-11-17/h3-13H,14H2,1-2H3,(H,25,28)(H,26,31,32)/b9-8+,27-15-. The number of halogens is 1. The fraction of sp³-hybridized carbons (Fsp3) is 0.130. The highest BCUT2D eigenvalue weighted by Crippen LogP contribution is 2.19. The summed E-state index contributed by atoms with van der Waals surface area (Å²) in [6, 6.07) is 17.2. The molecule has 0 spiro atoms. The zero-order chi connectivity index (χ0) is 22.7. The molecule has 2 N–H and O–H groups in total. The molecule has 0 atom stereocenters. The number of anilines is 1. The number of nitrogens with one attached hydrogen (secondary N) is 2. The fourth-order valence-corrected chi connectivity index (χ4v) is 3.33. The summed E-state index contributed by atoms with van der Waals surface area (Å²) in [5, 5.41) is 5.00. The second kappa shape index (κ2) is 9.07. The molecule has 2 aromatic carbocycles. The van der Waals surface area contributed by atoms with Gasteiger partial charge in [-0.15, -0.1) is 0 Å². The van der Waals surface area contributed by atoms with Gasteiger partial charge in [-0.25, -0.2) is 10.2 Å². The van der Waals surface area contributed by atoms with E-state index >= 15 is 0 Å². The lowest BCUT2D eigenvalue weighted by Gasteiger charge is -2.09. The third-order valence-corrected chi connectivity index (χ3v) is 5.16. The molecule has 2 heterocycles. The van der Waals surface area contributed by atoms with Gasteiger partial charge in [-0.3, -0.25) is 18.9 Å². The van der Waals surface area contributed by atoms with E-state index in [1.165, 1.54) is 4.57 Å². The van der Waals surface area contributed by atoms with Crippen LogP contribution in [0.3, 0.4) is 0 Å². The Morgan fingerprint density at radius 1 is 1.16 bits per heavy atom. The number of allylic oxidation sites excluding steroid dienone is 1. The zero-order valence-corrected chi connectivity index (χ0v) is 18.3. The molecule has 9 heteroatoms. The van der Waals surface area contributed by atoms with Crippen molar-refractivity contribution in [2.75, 3.05) is 5.43 Å². The molecule has 0 aliphatic carbocycles. The number of fused-ring (bicyclic) bond motifs is 1. The van der Waals surface area contributed by atoms with E-state index in [1.807, 2.05) is 61.5 Å². The van der Waals surface area contributed by atoms with Crippen molar-refractivity contribution >= 4 is 40.5 Å². The molecule has 0 saturated carbocycles. The lowest BCUT2D eigenvalue weighted by molar-refractivity contribution is 0.808. The van der Waals surface area contributed by atoms with Gasteiger partial charge >= 0.3 is 5.69 Å². The molecule has 0 bridgehead atoms. The number of H-pyrrole nitrogens is 1. The highest BCUT2D eigenvalue weighted by Gasteiger charge is 2.17. The molecule has 4 rings (SSSR count). The number of imidazole rings is 1. The Hall–Kier alpha value is -3.91. The van der Waals surface area contributed by atoms with Crippen molar-refractivity contribution in [1.29, 1.82) is 0 Å². The van der Waals surface area contributed by atoms with Gasteiger partial charge in [0.1, 0.15) is 0 Å². The Balaban J connectivity index is 1.72. The fourth-order valence-electron chi connectivity index (χ4n) is 3.20. The van der Waals surface area contributed by atoms with Crippen LogP contribution in [0.5, 0.6) is 0 Å². The first-order valence-electron chi connectivity index (χ1n) is 9.90. The first-order chi connectivity index (χ1) is 15.4. The second-order valence-electron chi connectivity index (χ2n) is 7.25. The molecule has 2 aromatic heterocycles. The Morgan fingerprint density at radius 2 is 1.88 bits per heavy atom. The maximum Gasteiger partial charge on any atom is 0.329 e. The van der Waals surface area contributed by atoms with Crippen LogP contribution in [0.4, 0.5) is 5.95 Å². The third kappa shape index (κ3) is 4.55. The lowest BCUT2D eigenvalue weighted by atomic mass is 10.2. The normalized spacial score (nSPS) is 12.0. The van der Waals surface area contributed by atoms with Crippen molar-refractivity contribution < 1.29 is 0 Å². The zero-order valence-electron chi connectivity index (χ0n) is 17.5. The molecule has 0 aliphatic rings. The summed E-state index contributed by atoms with van der Waals surface area (Å²) in [7, 11) is 1.56. The molecule has 8 nitrogen and oxygen atoms in total. The molecule has 0 aliphatic heterocycles. The van der Waals surface area contributed by atoms with E-state index in [2.05, 4.69) is 20.5 Å². The highest BCUT2D eigenvalue weighted by atomic mass is 35.5. The average Bonchev–Trinajstić information content (AvgIpc) is 3.15. The third-order valence-electron chi connectivity index (χ3n) is 4.91. The lowest BCUT2D eigenvalue weighted by Crippen LogP contribution is -2.29. The minimum Gasteiger partial charge on any atom is -0.298 e. The molecule has 0 radical (unpaired) electrons. The van der Waals surface area contributed by atoms with Gasteiger partial charge in [-0.2, -0.15) is 10.1 Å². The Bertz CT molecular complexity index is 1430. The summed E-state index contributed by atoms with van der Waals surface area (Å²) in [6.45, 7) is 2.19. The number of hydrogen-bond acceptors (Lipinski definition) is 5. The van der Waals surface area contributed by atoms with Gasteiger partial charge < -0.3 is 0 Å². The second-order valence-corrected chi connectivity index (χ2v) is 7.68. The first kappa shape index (κ1) is 21.3. The summed E-state index contributed by atoms with van der Waals surface area (Å²) in [6.07, 6.45) is 3.82. The van der Waals surface area contributed by atoms with Crippen LogP contribution in [0.1, 0.15) is 18.1 Å². The van der Waals surface area contributed by atoms with Gasteiger partial charge in [0, 0.05) is 12.1 Å². The number of benzene rings is 2. The number of rotatable bonds is 6. The molecule has 0 unspecified atom stereocenters. The number of aromatic amines is 1. The smallest absolute Gasteiger partial charge is 0.298 e. The molecule has 0 fully saturated rings. The largest absolute Gasteiger partial charge is 0.329 e. The van der Waals surface area contributed by atoms with Crippen molar-refractivity contribution in [3.63, 3.8) is 0 Å². The van der Waals surface area contributed by atoms with Crippen LogP contribution < -0.4 is 16.7 Å². The summed E-state index contributed by atoms with van der Waals surface area (Å²) in [5.41, 5.74) is 5.11. The molecule has 0 amide bonds. The Kier molecular flexibility index (Phi) is 6.04. The van der Waals surface area contributed by atoms with Crippen molar-refractivity contribution in [3.8, 4) is 0 Å². The molecule has 4 aromatic rings. The Morgan fingerprint density at radius 3 is 2.59 bits per heavy atom. The van der Waals surface area contributed by atoms with E-state index in [0.717, 1.165) is 11.1 Å². The quantitative estimate of drug-likeness (QED) is 0.347. The van der Waals surface area contributed by atoms with Gasteiger partial charge in [-0.1, -0.05) is 60.1 Å². The van der Waals surface area contributed by atoms with Crippen molar-refractivity contribution in [1.82, 2.24) is 19.1 Å². The summed E-state index contributed by atoms with van der Waals surface area (Å²) >= 11 is 5.99. The number of hydrazone groups is 1. The van der Waals surface area contributed by atoms with Crippen molar-refractivity contribution in [2.24, 2.45) is 12.1 Å². The minimum absolute atomic E-state index is 0.267. The van der Waals surface area contributed by atoms with Crippen molar-refractivity contribution in [2.45, 2.75) is 13.5 Å². The number of aryl methyl sites for hydroxylation is 1. The van der Waals surface area contributed by atoms with Gasteiger partial charge in [0.2, 0.25) is 5.95 Å². The topological polar surface area (TPSA) is 97.1 Å². The van der Waals surface area contributed by atoms with Crippen LogP contribution in [0, 0.1) is 0 Å². The van der Waals surface area contributed by atoms with Gasteiger partial charge in [0.25, 0.3) is 5.56 Å². The summed E-state index contributed by atoms with van der Waals surface area (Å²) in [5.74, 6) is 0.342. The molecule has 162 valence electrons. The van der Waals surface area contributed by atoms with Crippen LogP contribution in [-0.2, 0) is 13.6 Å². The van der Waals surface area contributed by atoms with E-state index < -0.39 is 11.2 Å². The maximum absolute atomic E-state index is 12.6. The maximum atomic E-state index is 12.6. The monoisotopic (exact) mass is 448 g/mol. The summed E-state index contributed by atoms with van der Waals surface area (Å²) < 4.78 is 2.99. The van der Waals surface area contributed by atoms with Crippen LogP contribution in [0.2, 0.25) is 5.02 Å². The summed E-state index contributed by atoms with van der Waals surface area (Å²) in [4.78, 5) is 31.4. The predicted molar refractivity (Wildman–Crippen MR) is 128 cm³/mol. The molecular weight excluding hydrogens is 428 g/mol. The molecular formula is C23H21ClN6O2. The van der Waals surface area contributed by atoms with E-state index in [9.17, 15) is 9.59 Å². The van der Waals surface area contributed by atoms with Gasteiger partial charge in [0.15, 0.2) is 11.2 Å².